The van der Waals surface area contributed by atoms with Crippen LogP contribution in [0.2, 0.25) is 0 Å². The van der Waals surface area contributed by atoms with Crippen LogP contribution in [0.1, 0.15) is 156 Å². The van der Waals surface area contributed by atoms with E-state index in [0.717, 1.165) is 5.92 Å². The standard InChI is InChI=1S/C25H52/c1-4-6-8-10-12-14-16-18-20-22-24-25(3)23-21-19-17-15-13-11-9-7-5-2/h25H,4-24H2,1-3H3. The van der Waals surface area contributed by atoms with Gasteiger partial charge < -0.3 is 0 Å². The van der Waals surface area contributed by atoms with Crippen LogP contribution < -0.4 is 0 Å². The van der Waals surface area contributed by atoms with Crippen LogP contribution >= 0.6 is 0 Å². The van der Waals surface area contributed by atoms with Gasteiger partial charge in [-0.05, 0) is 5.92 Å². The van der Waals surface area contributed by atoms with Crippen LogP contribution in [0.5, 0.6) is 0 Å². The third-order valence-electron chi connectivity index (χ3n) is 5.85. The maximum absolute atomic E-state index is 2.48. The van der Waals surface area contributed by atoms with Crippen LogP contribution in [0.4, 0.5) is 0 Å². The van der Waals surface area contributed by atoms with Gasteiger partial charge in [0.15, 0.2) is 0 Å². The Labute approximate surface area is 161 Å². The zero-order valence-electron chi connectivity index (χ0n) is 18.4. The second-order valence-electron chi connectivity index (χ2n) is 8.69. The van der Waals surface area contributed by atoms with E-state index in [0.29, 0.717) is 0 Å². The van der Waals surface area contributed by atoms with E-state index >= 15 is 0 Å². The van der Waals surface area contributed by atoms with Gasteiger partial charge >= 0.3 is 0 Å². The van der Waals surface area contributed by atoms with Gasteiger partial charge in [-0.3, -0.25) is 0 Å². The molecule has 25 heavy (non-hydrogen) atoms. The molecule has 0 heterocycles. The van der Waals surface area contributed by atoms with Gasteiger partial charge in [-0.1, -0.05) is 156 Å². The number of hydrogen-bond donors (Lipinski definition) is 0. The summed E-state index contributed by atoms with van der Waals surface area (Å²) in [6.45, 7) is 7.09. The molecule has 0 aromatic heterocycles. The molecule has 0 nitrogen and oxygen atoms in total. The Bertz CT molecular complexity index is 220. The van der Waals surface area contributed by atoms with Gasteiger partial charge in [0.05, 0.1) is 0 Å². The highest BCUT2D eigenvalue weighted by atomic mass is 14.1. The Kier molecular flexibility index (Phi) is 22.0. The molecule has 0 rings (SSSR count). The van der Waals surface area contributed by atoms with Crippen LogP contribution in [0.3, 0.4) is 0 Å². The minimum absolute atomic E-state index is 0.971. The van der Waals surface area contributed by atoms with E-state index in [-0.39, 0.29) is 0 Å². The van der Waals surface area contributed by atoms with Gasteiger partial charge in [0, 0.05) is 0 Å². The lowest BCUT2D eigenvalue weighted by Gasteiger charge is -2.11. The Morgan fingerprint density at radius 1 is 0.360 bits per heavy atom. The van der Waals surface area contributed by atoms with E-state index in [4.69, 9.17) is 0 Å². The zero-order valence-corrected chi connectivity index (χ0v) is 18.4. The van der Waals surface area contributed by atoms with Crippen molar-refractivity contribution in [2.24, 2.45) is 5.92 Å². The molecule has 0 amide bonds. The first-order valence-electron chi connectivity index (χ1n) is 12.3. The Morgan fingerprint density at radius 3 is 0.880 bits per heavy atom. The second kappa shape index (κ2) is 22.0. The highest BCUT2D eigenvalue weighted by Gasteiger charge is 2.02. The highest BCUT2D eigenvalue weighted by molar-refractivity contribution is 4.56. The van der Waals surface area contributed by atoms with E-state index < -0.39 is 0 Å². The first-order valence-corrected chi connectivity index (χ1v) is 12.3. The molecule has 0 heteroatoms. The van der Waals surface area contributed by atoms with E-state index in [9.17, 15) is 0 Å². The summed E-state index contributed by atoms with van der Waals surface area (Å²) in [4.78, 5) is 0. The van der Waals surface area contributed by atoms with E-state index in [1.807, 2.05) is 0 Å². The minimum atomic E-state index is 0.971. The van der Waals surface area contributed by atoms with Crippen molar-refractivity contribution in [1.29, 1.82) is 0 Å². The maximum atomic E-state index is 2.48. The van der Waals surface area contributed by atoms with E-state index in [1.54, 1.807) is 0 Å². The molecule has 0 aliphatic heterocycles. The molecule has 0 saturated carbocycles. The largest absolute Gasteiger partial charge is 0.0654 e. The molecule has 0 aliphatic carbocycles. The van der Waals surface area contributed by atoms with Crippen LogP contribution in [-0.2, 0) is 0 Å². The number of rotatable bonds is 21. The molecule has 0 fully saturated rings. The van der Waals surface area contributed by atoms with Crippen molar-refractivity contribution < 1.29 is 0 Å². The summed E-state index contributed by atoms with van der Waals surface area (Å²) in [5.74, 6) is 0.971. The first kappa shape index (κ1) is 25.0. The van der Waals surface area contributed by atoms with Gasteiger partial charge in [-0.15, -0.1) is 0 Å². The van der Waals surface area contributed by atoms with Crippen LogP contribution in [0.15, 0.2) is 0 Å². The third-order valence-corrected chi connectivity index (χ3v) is 5.85. The van der Waals surface area contributed by atoms with Crippen LogP contribution in [0, 0.1) is 5.92 Å². The SMILES string of the molecule is CCCCCCCCCCCCC(C)CCCCCCCCCCC. The molecule has 0 bridgehead atoms. The van der Waals surface area contributed by atoms with Gasteiger partial charge in [0.1, 0.15) is 0 Å². The molecule has 0 N–H and O–H groups in total. The first-order chi connectivity index (χ1) is 12.3. The summed E-state index contributed by atoms with van der Waals surface area (Å²) in [5.41, 5.74) is 0. The summed E-state index contributed by atoms with van der Waals surface area (Å²) in [7, 11) is 0. The average Bonchev–Trinajstić information content (AvgIpc) is 2.62. The predicted octanol–water partition coefficient (Wildman–Crippen LogP) is 9.85. The fourth-order valence-corrected chi connectivity index (χ4v) is 3.93. The van der Waals surface area contributed by atoms with Crippen molar-refractivity contribution in [3.05, 3.63) is 0 Å². The molecule has 0 saturated heterocycles. The average molecular weight is 353 g/mol. The summed E-state index contributed by atoms with van der Waals surface area (Å²) in [6, 6.07) is 0. The van der Waals surface area contributed by atoms with E-state index in [2.05, 4.69) is 20.8 Å². The molecule has 0 aromatic carbocycles. The van der Waals surface area contributed by atoms with Gasteiger partial charge in [-0.25, -0.2) is 0 Å². The molecule has 0 aromatic rings. The van der Waals surface area contributed by atoms with Crippen LogP contribution in [-0.4, -0.2) is 0 Å². The Morgan fingerprint density at radius 2 is 0.600 bits per heavy atom. The molecular weight excluding hydrogens is 300 g/mol. The smallest absolute Gasteiger partial charge is 0.0443 e. The third kappa shape index (κ3) is 22.0. The lowest BCUT2D eigenvalue weighted by Crippen LogP contribution is -1.95. The predicted molar refractivity (Wildman–Crippen MR) is 117 cm³/mol. The summed E-state index contributed by atoms with van der Waals surface area (Å²) < 4.78 is 0. The summed E-state index contributed by atoms with van der Waals surface area (Å²) in [6.07, 6.45) is 30.8. The molecule has 1 unspecified atom stereocenters. The summed E-state index contributed by atoms with van der Waals surface area (Å²) >= 11 is 0. The van der Waals surface area contributed by atoms with Crippen molar-refractivity contribution in [3.8, 4) is 0 Å². The zero-order chi connectivity index (χ0) is 18.4. The summed E-state index contributed by atoms with van der Waals surface area (Å²) in [5, 5.41) is 0. The Hall–Kier alpha value is 0. The minimum Gasteiger partial charge on any atom is -0.0654 e. The lowest BCUT2D eigenvalue weighted by molar-refractivity contribution is 0.430. The van der Waals surface area contributed by atoms with Crippen molar-refractivity contribution >= 4 is 0 Å². The van der Waals surface area contributed by atoms with Gasteiger partial charge in [0.2, 0.25) is 0 Å². The fourth-order valence-electron chi connectivity index (χ4n) is 3.93. The second-order valence-corrected chi connectivity index (χ2v) is 8.69. The molecular formula is C25H52. The van der Waals surface area contributed by atoms with Crippen molar-refractivity contribution in [1.82, 2.24) is 0 Å². The quantitative estimate of drug-likeness (QED) is 0.180. The molecule has 0 radical (unpaired) electrons. The highest BCUT2D eigenvalue weighted by Crippen LogP contribution is 2.19. The van der Waals surface area contributed by atoms with E-state index in [1.165, 1.54) is 135 Å². The molecule has 152 valence electrons. The molecule has 0 aliphatic rings. The van der Waals surface area contributed by atoms with Gasteiger partial charge in [-0.2, -0.15) is 0 Å². The Balaban J connectivity index is 3.12. The van der Waals surface area contributed by atoms with Crippen molar-refractivity contribution in [3.63, 3.8) is 0 Å². The van der Waals surface area contributed by atoms with Crippen molar-refractivity contribution in [2.75, 3.05) is 0 Å². The van der Waals surface area contributed by atoms with Crippen molar-refractivity contribution in [2.45, 2.75) is 156 Å². The number of hydrogen-bond acceptors (Lipinski definition) is 0. The number of unbranched alkanes of at least 4 members (excludes halogenated alkanes) is 17. The fraction of sp³-hybridized carbons (Fsp3) is 1.00. The van der Waals surface area contributed by atoms with Crippen LogP contribution in [0.25, 0.3) is 0 Å². The molecule has 0 spiro atoms. The monoisotopic (exact) mass is 352 g/mol. The topological polar surface area (TPSA) is 0 Å². The van der Waals surface area contributed by atoms with Gasteiger partial charge in [0.25, 0.3) is 0 Å². The maximum Gasteiger partial charge on any atom is -0.0443 e. The molecule has 1 atom stereocenters. The normalized spacial score (nSPS) is 12.6. The lowest BCUT2D eigenvalue weighted by atomic mass is 9.95.